The van der Waals surface area contributed by atoms with Gasteiger partial charge in [-0.2, -0.15) is 0 Å². The highest BCUT2D eigenvalue weighted by Crippen LogP contribution is 2.27. The van der Waals surface area contributed by atoms with Crippen LogP contribution in [0.3, 0.4) is 0 Å². The number of methoxy groups -OCH3 is 2. The molecule has 20 heavy (non-hydrogen) atoms. The molecule has 1 saturated heterocycles. The van der Waals surface area contributed by atoms with E-state index in [1.165, 1.54) is 11.3 Å². The number of anilines is 1. The Morgan fingerprint density at radius 1 is 1.20 bits per heavy atom. The minimum atomic E-state index is 0.132. The van der Waals surface area contributed by atoms with Gasteiger partial charge in [0, 0.05) is 39.0 Å². The van der Waals surface area contributed by atoms with Crippen molar-refractivity contribution in [3.63, 3.8) is 0 Å². The maximum absolute atomic E-state index is 6.11. The van der Waals surface area contributed by atoms with Crippen LogP contribution in [-0.2, 0) is 15.9 Å². The van der Waals surface area contributed by atoms with Gasteiger partial charge in [0.2, 0.25) is 0 Å². The Balaban J connectivity index is 2.16. The zero-order chi connectivity index (χ0) is 14.5. The summed E-state index contributed by atoms with van der Waals surface area (Å²) >= 11 is 0. The van der Waals surface area contributed by atoms with Crippen molar-refractivity contribution in [3.05, 3.63) is 29.8 Å². The number of para-hydroxylation sites is 1. The zero-order valence-electron chi connectivity index (χ0n) is 12.7. The number of rotatable bonds is 6. The summed E-state index contributed by atoms with van der Waals surface area (Å²) in [5.74, 6) is 0. The van der Waals surface area contributed by atoms with Crippen LogP contribution in [-0.4, -0.2) is 45.6 Å². The third-order valence-electron chi connectivity index (χ3n) is 4.16. The van der Waals surface area contributed by atoms with Crippen LogP contribution in [0.2, 0.25) is 0 Å². The fraction of sp³-hybridized carbons (Fsp3) is 0.625. The summed E-state index contributed by atoms with van der Waals surface area (Å²) in [5.41, 5.74) is 8.69. The first-order valence-electron chi connectivity index (χ1n) is 7.33. The normalized spacial score (nSPS) is 24.1. The van der Waals surface area contributed by atoms with Crippen LogP contribution in [0.1, 0.15) is 18.9 Å². The Bertz CT molecular complexity index is 413. The maximum atomic E-state index is 6.11. The van der Waals surface area contributed by atoms with Crippen molar-refractivity contribution < 1.29 is 9.47 Å². The third kappa shape index (κ3) is 3.32. The molecular formula is C16H26N2O2. The molecule has 1 fully saturated rings. The van der Waals surface area contributed by atoms with Gasteiger partial charge in [-0.1, -0.05) is 25.1 Å². The third-order valence-corrected chi connectivity index (χ3v) is 4.16. The van der Waals surface area contributed by atoms with Crippen LogP contribution in [0.25, 0.3) is 0 Å². The van der Waals surface area contributed by atoms with Crippen molar-refractivity contribution in [1.29, 1.82) is 0 Å². The highest BCUT2D eigenvalue weighted by molar-refractivity contribution is 5.55. The molecule has 0 aliphatic carbocycles. The van der Waals surface area contributed by atoms with Crippen LogP contribution in [0.15, 0.2) is 24.3 Å². The average molecular weight is 278 g/mol. The molecule has 1 heterocycles. The number of hydrogen-bond acceptors (Lipinski definition) is 4. The molecule has 1 aliphatic rings. The van der Waals surface area contributed by atoms with E-state index < -0.39 is 0 Å². The fourth-order valence-corrected chi connectivity index (χ4v) is 2.81. The van der Waals surface area contributed by atoms with Gasteiger partial charge >= 0.3 is 0 Å². The lowest BCUT2D eigenvalue weighted by Gasteiger charge is -2.23. The summed E-state index contributed by atoms with van der Waals surface area (Å²) in [5, 5.41) is 0. The van der Waals surface area contributed by atoms with E-state index in [0.717, 1.165) is 25.9 Å². The van der Waals surface area contributed by atoms with Crippen LogP contribution in [0.4, 0.5) is 5.69 Å². The smallest absolute Gasteiger partial charge is 0.102 e. The predicted octanol–water partition coefficient (Wildman–Crippen LogP) is 1.82. The second kappa shape index (κ2) is 7.07. The molecular weight excluding hydrogens is 252 g/mol. The van der Waals surface area contributed by atoms with E-state index in [4.69, 9.17) is 15.2 Å². The molecule has 112 valence electrons. The van der Waals surface area contributed by atoms with E-state index in [2.05, 4.69) is 36.1 Å². The van der Waals surface area contributed by atoms with Crippen molar-refractivity contribution in [2.45, 2.75) is 38.0 Å². The molecule has 0 radical (unpaired) electrons. The highest BCUT2D eigenvalue weighted by Gasteiger charge is 2.33. The Labute approximate surface area is 121 Å². The van der Waals surface area contributed by atoms with Gasteiger partial charge in [0.1, 0.15) is 12.2 Å². The monoisotopic (exact) mass is 278 g/mol. The molecule has 1 aliphatic heterocycles. The van der Waals surface area contributed by atoms with Crippen LogP contribution in [0.5, 0.6) is 0 Å². The van der Waals surface area contributed by atoms with E-state index in [-0.39, 0.29) is 18.2 Å². The van der Waals surface area contributed by atoms with Crippen molar-refractivity contribution in [2.24, 2.45) is 5.73 Å². The van der Waals surface area contributed by atoms with E-state index in [1.54, 1.807) is 14.2 Å². The van der Waals surface area contributed by atoms with Crippen molar-refractivity contribution >= 4 is 5.69 Å². The molecule has 1 aromatic rings. The number of nitrogens with two attached hydrogens (primary N) is 1. The minimum Gasteiger partial charge on any atom is -0.377 e. The number of nitrogens with zero attached hydrogens (tertiary/aromatic N) is 1. The van der Waals surface area contributed by atoms with E-state index >= 15 is 0 Å². The molecule has 3 unspecified atom stereocenters. The Morgan fingerprint density at radius 2 is 1.80 bits per heavy atom. The summed E-state index contributed by atoms with van der Waals surface area (Å²) in [6.45, 7) is 3.87. The largest absolute Gasteiger partial charge is 0.377 e. The number of benzene rings is 1. The van der Waals surface area contributed by atoms with Crippen LogP contribution in [0, 0.1) is 0 Å². The molecule has 0 saturated carbocycles. The second-order valence-electron chi connectivity index (χ2n) is 5.45. The molecule has 0 bridgehead atoms. The van der Waals surface area contributed by atoms with Gasteiger partial charge < -0.3 is 20.1 Å². The Morgan fingerprint density at radius 3 is 2.35 bits per heavy atom. The first kappa shape index (κ1) is 15.3. The molecule has 0 aromatic heterocycles. The Hall–Kier alpha value is -1.10. The fourth-order valence-electron chi connectivity index (χ4n) is 2.81. The van der Waals surface area contributed by atoms with Crippen molar-refractivity contribution in [1.82, 2.24) is 0 Å². The summed E-state index contributed by atoms with van der Waals surface area (Å²) in [7, 11) is 3.50. The first-order valence-corrected chi connectivity index (χ1v) is 7.33. The molecule has 4 heteroatoms. The molecule has 3 atom stereocenters. The highest BCUT2D eigenvalue weighted by atomic mass is 16.5. The lowest BCUT2D eigenvalue weighted by molar-refractivity contribution is -0.00461. The summed E-state index contributed by atoms with van der Waals surface area (Å²) in [4.78, 5) is 2.35. The van der Waals surface area contributed by atoms with Crippen LogP contribution >= 0.6 is 0 Å². The zero-order valence-corrected chi connectivity index (χ0v) is 12.7. The van der Waals surface area contributed by atoms with E-state index in [9.17, 15) is 0 Å². The molecule has 1 aromatic carbocycles. The second-order valence-corrected chi connectivity index (χ2v) is 5.45. The van der Waals surface area contributed by atoms with Gasteiger partial charge in [-0.05, 0) is 24.5 Å². The number of hydrogen-bond donors (Lipinski definition) is 1. The van der Waals surface area contributed by atoms with Gasteiger partial charge in [0.15, 0.2) is 0 Å². The maximum Gasteiger partial charge on any atom is 0.102 e. The van der Waals surface area contributed by atoms with Gasteiger partial charge in [-0.25, -0.2) is 0 Å². The molecule has 2 N–H and O–H groups in total. The molecule has 0 spiro atoms. The van der Waals surface area contributed by atoms with Gasteiger partial charge in [-0.3, -0.25) is 0 Å². The first-order chi connectivity index (χ1) is 9.69. The lowest BCUT2D eigenvalue weighted by Crippen LogP contribution is -2.27. The van der Waals surface area contributed by atoms with Gasteiger partial charge in [0.25, 0.3) is 0 Å². The topological polar surface area (TPSA) is 47.7 Å². The minimum absolute atomic E-state index is 0.132. The quantitative estimate of drug-likeness (QED) is 0.862. The van der Waals surface area contributed by atoms with Crippen molar-refractivity contribution in [2.75, 3.05) is 32.2 Å². The molecule has 2 rings (SSSR count). The van der Waals surface area contributed by atoms with Gasteiger partial charge in [-0.15, -0.1) is 0 Å². The Kier molecular flexibility index (Phi) is 5.40. The summed E-state index contributed by atoms with van der Waals surface area (Å²) in [6, 6.07) is 8.72. The van der Waals surface area contributed by atoms with Gasteiger partial charge in [0.05, 0.1) is 0 Å². The standard InChI is InChI=1S/C16H26N2O2/c1-4-13(17)9-12-7-5-6-8-14(12)18-10-15(19-2)16(11-18)20-3/h5-8,13,15-16H,4,9-11,17H2,1-3H3. The van der Waals surface area contributed by atoms with E-state index in [0.29, 0.717) is 0 Å². The summed E-state index contributed by atoms with van der Waals surface area (Å²) < 4.78 is 11.0. The van der Waals surface area contributed by atoms with Crippen molar-refractivity contribution in [3.8, 4) is 0 Å². The van der Waals surface area contributed by atoms with E-state index in [1.807, 2.05) is 0 Å². The lowest BCUT2D eigenvalue weighted by atomic mass is 10.0. The molecule has 0 amide bonds. The average Bonchev–Trinajstić information content (AvgIpc) is 2.90. The SMILES string of the molecule is CCC(N)Cc1ccccc1N1CC(OC)C(OC)C1. The molecule has 4 nitrogen and oxygen atoms in total. The van der Waals surface area contributed by atoms with Crippen LogP contribution < -0.4 is 10.6 Å². The number of ether oxygens (including phenoxy) is 2. The predicted molar refractivity (Wildman–Crippen MR) is 82.2 cm³/mol. The summed E-state index contributed by atoms with van der Waals surface area (Å²) in [6.07, 6.45) is 2.18.